The lowest BCUT2D eigenvalue weighted by molar-refractivity contribution is -0.384. The molecule has 1 saturated heterocycles. The highest BCUT2D eigenvalue weighted by Crippen LogP contribution is 2.20. The molecule has 29 heavy (non-hydrogen) atoms. The van der Waals surface area contributed by atoms with Crippen LogP contribution in [-0.2, 0) is 14.8 Å². The number of sulfonamides is 1. The minimum Gasteiger partial charge on any atom is -0.484 e. The Morgan fingerprint density at radius 2 is 1.62 bits per heavy atom. The minimum atomic E-state index is -3.64. The van der Waals surface area contributed by atoms with E-state index in [1.54, 1.807) is 0 Å². The van der Waals surface area contributed by atoms with Crippen LogP contribution in [0, 0.1) is 10.1 Å². The van der Waals surface area contributed by atoms with Crippen LogP contribution in [0.15, 0.2) is 53.4 Å². The lowest BCUT2D eigenvalue weighted by Crippen LogP contribution is -2.51. The average molecular weight is 440 g/mol. The number of ether oxygens (including phenoxy) is 1. The van der Waals surface area contributed by atoms with Crippen molar-refractivity contribution in [2.75, 3.05) is 32.8 Å². The van der Waals surface area contributed by atoms with Crippen LogP contribution in [0.1, 0.15) is 0 Å². The van der Waals surface area contributed by atoms with Gasteiger partial charge in [-0.15, -0.1) is 0 Å². The molecule has 1 amide bonds. The van der Waals surface area contributed by atoms with Crippen LogP contribution >= 0.6 is 11.6 Å². The number of piperazine rings is 1. The van der Waals surface area contributed by atoms with Gasteiger partial charge in [-0.05, 0) is 36.4 Å². The van der Waals surface area contributed by atoms with E-state index in [4.69, 9.17) is 16.3 Å². The molecule has 154 valence electrons. The lowest BCUT2D eigenvalue weighted by atomic mass is 10.3. The van der Waals surface area contributed by atoms with Gasteiger partial charge in [-0.3, -0.25) is 14.9 Å². The normalized spacial score (nSPS) is 15.1. The van der Waals surface area contributed by atoms with Crippen molar-refractivity contribution in [3.8, 4) is 5.75 Å². The second-order valence-corrected chi connectivity index (χ2v) is 8.65. The predicted molar refractivity (Wildman–Crippen MR) is 105 cm³/mol. The van der Waals surface area contributed by atoms with Crippen molar-refractivity contribution < 1.29 is 22.9 Å². The molecule has 0 saturated carbocycles. The summed E-state index contributed by atoms with van der Waals surface area (Å²) in [6.45, 7) is 0.606. The van der Waals surface area contributed by atoms with Gasteiger partial charge in [0.2, 0.25) is 10.0 Å². The Morgan fingerprint density at radius 1 is 1.03 bits per heavy atom. The smallest absolute Gasteiger partial charge is 0.269 e. The predicted octanol–water partition coefficient (Wildman–Crippen LogP) is 2.16. The van der Waals surface area contributed by atoms with Crippen LogP contribution in [0.5, 0.6) is 5.75 Å². The SMILES string of the molecule is O=C(COc1ccc([N+](=O)[O-])cc1)N1CCN(S(=O)(=O)c2ccc(Cl)cc2)CC1. The fourth-order valence-corrected chi connectivity index (χ4v) is 4.38. The first-order valence-electron chi connectivity index (χ1n) is 8.68. The zero-order valence-corrected chi connectivity index (χ0v) is 16.8. The molecule has 1 heterocycles. The van der Waals surface area contributed by atoms with Crippen molar-refractivity contribution >= 4 is 33.2 Å². The number of nitrogens with zero attached hydrogens (tertiary/aromatic N) is 3. The summed E-state index contributed by atoms with van der Waals surface area (Å²) in [5, 5.41) is 11.1. The molecule has 2 aromatic carbocycles. The highest BCUT2D eigenvalue weighted by atomic mass is 35.5. The minimum absolute atomic E-state index is 0.0679. The monoisotopic (exact) mass is 439 g/mol. The van der Waals surface area contributed by atoms with Gasteiger partial charge in [0.25, 0.3) is 11.6 Å². The first-order chi connectivity index (χ1) is 13.8. The van der Waals surface area contributed by atoms with Gasteiger partial charge in [0, 0.05) is 43.3 Å². The van der Waals surface area contributed by atoms with Crippen molar-refractivity contribution in [3.05, 3.63) is 63.7 Å². The molecule has 0 spiro atoms. The fraction of sp³-hybridized carbons (Fsp3) is 0.278. The second-order valence-electron chi connectivity index (χ2n) is 6.28. The summed E-state index contributed by atoms with van der Waals surface area (Å²) >= 11 is 5.80. The summed E-state index contributed by atoms with van der Waals surface area (Å²) in [7, 11) is -3.64. The van der Waals surface area contributed by atoms with Crippen molar-refractivity contribution in [2.45, 2.75) is 4.90 Å². The summed E-state index contributed by atoms with van der Waals surface area (Å²) in [6, 6.07) is 11.4. The van der Waals surface area contributed by atoms with Gasteiger partial charge in [0.1, 0.15) is 5.75 Å². The highest BCUT2D eigenvalue weighted by Gasteiger charge is 2.30. The molecule has 1 aliphatic rings. The van der Waals surface area contributed by atoms with Crippen molar-refractivity contribution in [1.29, 1.82) is 0 Å². The van der Waals surface area contributed by atoms with E-state index >= 15 is 0 Å². The average Bonchev–Trinajstić information content (AvgIpc) is 2.72. The molecule has 0 N–H and O–H groups in total. The Kier molecular flexibility index (Phi) is 6.36. The van der Waals surface area contributed by atoms with Gasteiger partial charge in [-0.25, -0.2) is 8.42 Å². The summed E-state index contributed by atoms with van der Waals surface area (Å²) in [5.41, 5.74) is -0.0679. The number of amides is 1. The molecule has 11 heteroatoms. The van der Waals surface area contributed by atoms with E-state index in [1.165, 1.54) is 57.7 Å². The number of nitro benzene ring substituents is 1. The number of carbonyl (C=O) groups excluding carboxylic acids is 1. The molecule has 0 radical (unpaired) electrons. The van der Waals surface area contributed by atoms with Gasteiger partial charge < -0.3 is 9.64 Å². The standard InChI is InChI=1S/C18H18ClN3O6S/c19-14-1-7-17(8-2-14)29(26,27)21-11-9-20(10-12-21)18(23)13-28-16-5-3-15(4-6-16)22(24)25/h1-8H,9-13H2. The van der Waals surface area contributed by atoms with Crippen LogP contribution < -0.4 is 4.74 Å². The molecule has 0 aliphatic carbocycles. The Labute approximate surface area is 172 Å². The lowest BCUT2D eigenvalue weighted by Gasteiger charge is -2.34. The van der Waals surface area contributed by atoms with Gasteiger partial charge in [0.15, 0.2) is 6.61 Å². The molecule has 0 atom stereocenters. The van der Waals surface area contributed by atoms with Gasteiger partial charge in [-0.2, -0.15) is 4.31 Å². The zero-order valence-electron chi connectivity index (χ0n) is 15.2. The van der Waals surface area contributed by atoms with Crippen LogP contribution in [0.25, 0.3) is 0 Å². The molecule has 0 aromatic heterocycles. The van der Waals surface area contributed by atoms with Gasteiger partial charge >= 0.3 is 0 Å². The number of hydrogen-bond donors (Lipinski definition) is 0. The Morgan fingerprint density at radius 3 is 2.17 bits per heavy atom. The number of benzene rings is 2. The number of carbonyl (C=O) groups is 1. The van der Waals surface area contributed by atoms with Crippen molar-refractivity contribution in [2.24, 2.45) is 0 Å². The number of rotatable bonds is 6. The van der Waals surface area contributed by atoms with E-state index < -0.39 is 14.9 Å². The van der Waals surface area contributed by atoms with Crippen LogP contribution in [0.3, 0.4) is 0 Å². The highest BCUT2D eigenvalue weighted by molar-refractivity contribution is 7.89. The van der Waals surface area contributed by atoms with E-state index in [-0.39, 0.29) is 49.3 Å². The van der Waals surface area contributed by atoms with Gasteiger partial charge in [0.05, 0.1) is 9.82 Å². The van der Waals surface area contributed by atoms with E-state index in [0.717, 1.165) is 0 Å². The number of nitro groups is 1. The summed E-state index contributed by atoms with van der Waals surface area (Å²) in [6.07, 6.45) is 0. The molecule has 3 rings (SSSR count). The van der Waals surface area contributed by atoms with Crippen LogP contribution in [-0.4, -0.2) is 61.2 Å². The first kappa shape index (κ1) is 21.0. The number of hydrogen-bond acceptors (Lipinski definition) is 6. The maximum atomic E-state index is 12.7. The maximum absolute atomic E-state index is 12.7. The van der Waals surface area contributed by atoms with Crippen molar-refractivity contribution in [1.82, 2.24) is 9.21 Å². The fourth-order valence-electron chi connectivity index (χ4n) is 2.83. The third-order valence-electron chi connectivity index (χ3n) is 4.45. The first-order valence-corrected chi connectivity index (χ1v) is 10.5. The molecular formula is C18H18ClN3O6S. The van der Waals surface area contributed by atoms with Gasteiger partial charge in [-0.1, -0.05) is 11.6 Å². The van der Waals surface area contributed by atoms with E-state index in [9.17, 15) is 23.3 Å². The third-order valence-corrected chi connectivity index (χ3v) is 6.62. The maximum Gasteiger partial charge on any atom is 0.269 e. The second kappa shape index (κ2) is 8.76. The zero-order chi connectivity index (χ0) is 21.0. The summed E-state index contributed by atoms with van der Waals surface area (Å²) < 4.78 is 32.0. The summed E-state index contributed by atoms with van der Waals surface area (Å²) in [5.74, 6) is 0.0554. The molecular weight excluding hydrogens is 422 g/mol. The molecule has 0 bridgehead atoms. The number of halogens is 1. The molecule has 1 fully saturated rings. The largest absolute Gasteiger partial charge is 0.484 e. The molecule has 9 nitrogen and oxygen atoms in total. The molecule has 0 unspecified atom stereocenters. The Balaban J connectivity index is 1.52. The quantitative estimate of drug-likeness (QED) is 0.504. The third kappa shape index (κ3) is 5.03. The molecule has 1 aliphatic heterocycles. The summed E-state index contributed by atoms with van der Waals surface area (Å²) in [4.78, 5) is 24.1. The molecule has 2 aromatic rings. The topological polar surface area (TPSA) is 110 Å². The van der Waals surface area contributed by atoms with E-state index in [2.05, 4.69) is 0 Å². The van der Waals surface area contributed by atoms with Crippen LogP contribution in [0.4, 0.5) is 5.69 Å². The Hall–Kier alpha value is -2.69. The number of non-ortho nitro benzene ring substituents is 1. The van der Waals surface area contributed by atoms with E-state index in [1.807, 2.05) is 0 Å². The Bertz CT molecular complexity index is 987. The van der Waals surface area contributed by atoms with Crippen LogP contribution in [0.2, 0.25) is 5.02 Å². The van der Waals surface area contributed by atoms with Crippen molar-refractivity contribution in [3.63, 3.8) is 0 Å². The van der Waals surface area contributed by atoms with E-state index in [0.29, 0.717) is 10.8 Å².